The number of nitrogens with zero attached hydrogens (tertiary/aromatic N) is 2. The second-order valence-corrected chi connectivity index (χ2v) is 8.08. The molecule has 2 aliphatic heterocycles. The number of hydrogen-bond acceptors (Lipinski definition) is 3. The van der Waals surface area contributed by atoms with Gasteiger partial charge < -0.3 is 4.90 Å². The topological polar surface area (TPSA) is 40.6 Å². The monoisotopic (exact) mass is 402 g/mol. The molecular weight excluding hydrogens is 383 g/mol. The first kappa shape index (κ1) is 18.5. The lowest BCUT2D eigenvalue weighted by Gasteiger charge is -2.36. The molecule has 2 amide bonds. The predicted molar refractivity (Wildman–Crippen MR) is 107 cm³/mol. The van der Waals surface area contributed by atoms with Crippen molar-refractivity contribution in [1.29, 1.82) is 0 Å². The van der Waals surface area contributed by atoms with Gasteiger partial charge in [0.2, 0.25) is 11.8 Å². The molecule has 1 atom stereocenters. The van der Waals surface area contributed by atoms with E-state index < -0.39 is 0 Å². The Kier molecular flexibility index (Phi) is 4.97. The molecule has 0 aromatic heterocycles. The van der Waals surface area contributed by atoms with Gasteiger partial charge in [-0.3, -0.25) is 14.5 Å². The van der Waals surface area contributed by atoms with Crippen LogP contribution in [0.5, 0.6) is 0 Å². The third kappa shape index (κ3) is 3.38. The summed E-state index contributed by atoms with van der Waals surface area (Å²) < 4.78 is 0. The number of likely N-dealkylation sites (N-methyl/N-ethyl adjacent to an activating group) is 1. The number of piperidine rings is 1. The number of imide groups is 1. The molecule has 27 heavy (non-hydrogen) atoms. The van der Waals surface area contributed by atoms with Crippen molar-refractivity contribution in [1.82, 2.24) is 4.90 Å². The molecule has 0 saturated carbocycles. The summed E-state index contributed by atoms with van der Waals surface area (Å²) in [5.74, 6) is -0.284. The van der Waals surface area contributed by atoms with E-state index in [1.807, 2.05) is 37.4 Å². The molecule has 0 N–H and O–H groups in total. The van der Waals surface area contributed by atoms with Gasteiger partial charge in [-0.2, -0.15) is 0 Å². The van der Waals surface area contributed by atoms with E-state index in [0.717, 1.165) is 29.8 Å². The number of rotatable bonds is 2. The molecule has 140 valence electrons. The largest absolute Gasteiger partial charge is 0.301 e. The van der Waals surface area contributed by atoms with Crippen molar-refractivity contribution >= 4 is 40.7 Å². The number of halogens is 2. The Morgan fingerprint density at radius 2 is 1.70 bits per heavy atom. The van der Waals surface area contributed by atoms with Crippen molar-refractivity contribution in [3.63, 3.8) is 0 Å². The van der Waals surface area contributed by atoms with Crippen LogP contribution in [0, 0.1) is 0 Å². The number of carbonyl (C=O) groups excluding carboxylic acids is 2. The number of hydrogen-bond donors (Lipinski definition) is 0. The molecule has 1 saturated heterocycles. The minimum absolute atomic E-state index is 0.0197. The van der Waals surface area contributed by atoms with Crippen LogP contribution < -0.4 is 4.90 Å². The van der Waals surface area contributed by atoms with Crippen molar-refractivity contribution < 1.29 is 9.59 Å². The van der Waals surface area contributed by atoms with Gasteiger partial charge in [-0.05, 0) is 48.4 Å². The SMILES string of the molecule is CN1Cc2c(Cl)cc(Cl)cc2C(c2ccccc2N2C(=O)CCCC2=O)C1. The Balaban J connectivity index is 1.86. The zero-order chi connectivity index (χ0) is 19.1. The summed E-state index contributed by atoms with van der Waals surface area (Å²) in [6, 6.07) is 11.4. The Labute approximate surface area is 168 Å². The van der Waals surface area contributed by atoms with Gasteiger partial charge in [0.25, 0.3) is 0 Å². The van der Waals surface area contributed by atoms with Crippen LogP contribution in [0.2, 0.25) is 10.0 Å². The average Bonchev–Trinajstić information content (AvgIpc) is 2.62. The van der Waals surface area contributed by atoms with Crippen LogP contribution >= 0.6 is 23.2 Å². The first-order chi connectivity index (χ1) is 13.0. The van der Waals surface area contributed by atoms with Gasteiger partial charge in [-0.1, -0.05) is 41.4 Å². The lowest BCUT2D eigenvalue weighted by atomic mass is 9.83. The second-order valence-electron chi connectivity index (χ2n) is 7.24. The highest BCUT2D eigenvalue weighted by molar-refractivity contribution is 6.35. The van der Waals surface area contributed by atoms with E-state index in [9.17, 15) is 9.59 Å². The lowest BCUT2D eigenvalue weighted by Crippen LogP contribution is -2.41. The number of carbonyl (C=O) groups is 2. The highest BCUT2D eigenvalue weighted by atomic mass is 35.5. The molecule has 1 unspecified atom stereocenters. The zero-order valence-corrected chi connectivity index (χ0v) is 16.6. The molecule has 0 bridgehead atoms. The van der Waals surface area contributed by atoms with Gasteiger partial charge in [0.15, 0.2) is 0 Å². The number of benzene rings is 2. The van der Waals surface area contributed by atoms with Crippen LogP contribution in [0.3, 0.4) is 0 Å². The van der Waals surface area contributed by atoms with Crippen LogP contribution in [0.4, 0.5) is 5.69 Å². The third-order valence-electron chi connectivity index (χ3n) is 5.33. The lowest BCUT2D eigenvalue weighted by molar-refractivity contribution is -0.129. The highest BCUT2D eigenvalue weighted by Gasteiger charge is 2.33. The molecule has 0 aliphatic carbocycles. The van der Waals surface area contributed by atoms with Crippen LogP contribution in [0.25, 0.3) is 0 Å². The van der Waals surface area contributed by atoms with Gasteiger partial charge in [-0.15, -0.1) is 0 Å². The minimum atomic E-state index is -0.132. The van der Waals surface area contributed by atoms with E-state index in [4.69, 9.17) is 23.2 Å². The summed E-state index contributed by atoms with van der Waals surface area (Å²) in [5.41, 5.74) is 3.74. The fraction of sp³-hybridized carbons (Fsp3) is 0.333. The van der Waals surface area contributed by atoms with E-state index in [1.54, 1.807) is 6.07 Å². The first-order valence-corrected chi connectivity index (χ1v) is 9.82. The Bertz CT molecular complexity index is 912. The summed E-state index contributed by atoms with van der Waals surface area (Å²) in [7, 11) is 2.04. The van der Waals surface area contributed by atoms with Gasteiger partial charge in [0, 0.05) is 41.9 Å². The van der Waals surface area contributed by atoms with Crippen molar-refractivity contribution in [2.75, 3.05) is 18.5 Å². The third-order valence-corrected chi connectivity index (χ3v) is 5.88. The minimum Gasteiger partial charge on any atom is -0.301 e. The number of fused-ring (bicyclic) bond motifs is 1. The Hall–Kier alpha value is -1.88. The second kappa shape index (κ2) is 7.27. The van der Waals surface area contributed by atoms with E-state index >= 15 is 0 Å². The first-order valence-electron chi connectivity index (χ1n) is 9.07. The van der Waals surface area contributed by atoms with Gasteiger partial charge in [0.1, 0.15) is 0 Å². The summed E-state index contributed by atoms with van der Waals surface area (Å²) >= 11 is 12.8. The summed E-state index contributed by atoms with van der Waals surface area (Å²) in [5, 5.41) is 1.24. The van der Waals surface area contributed by atoms with E-state index in [-0.39, 0.29) is 17.7 Å². The fourth-order valence-corrected chi connectivity index (χ4v) is 4.69. The standard InChI is InChI=1S/C21H20Cl2N2O2/c1-24-11-16(15-9-13(22)10-18(23)17(15)12-24)14-5-2-3-6-19(14)25-20(26)7-4-8-21(25)27/h2-3,5-6,9-10,16H,4,7-8,11-12H2,1H3. The van der Waals surface area contributed by atoms with Gasteiger partial charge >= 0.3 is 0 Å². The zero-order valence-electron chi connectivity index (χ0n) is 15.0. The average molecular weight is 403 g/mol. The molecule has 2 aromatic rings. The predicted octanol–water partition coefficient (Wildman–Crippen LogP) is 4.61. The summed E-state index contributed by atoms with van der Waals surface area (Å²) in [4.78, 5) is 28.6. The van der Waals surface area contributed by atoms with Crippen LogP contribution in [0.15, 0.2) is 36.4 Å². The Morgan fingerprint density at radius 1 is 1.00 bits per heavy atom. The normalized spacial score (nSPS) is 20.7. The summed E-state index contributed by atoms with van der Waals surface area (Å²) in [6.07, 6.45) is 1.42. The molecule has 0 radical (unpaired) electrons. The maximum Gasteiger partial charge on any atom is 0.233 e. The molecule has 2 aliphatic rings. The Morgan fingerprint density at radius 3 is 2.44 bits per heavy atom. The van der Waals surface area contributed by atoms with E-state index in [0.29, 0.717) is 35.0 Å². The van der Waals surface area contributed by atoms with Crippen molar-refractivity contribution in [3.05, 3.63) is 63.1 Å². The van der Waals surface area contributed by atoms with Crippen molar-refractivity contribution in [2.45, 2.75) is 31.7 Å². The molecular formula is C21H20Cl2N2O2. The van der Waals surface area contributed by atoms with Gasteiger partial charge in [0.05, 0.1) is 5.69 Å². The number of anilines is 1. The fourth-order valence-electron chi connectivity index (χ4n) is 4.12. The molecule has 2 aromatic carbocycles. The van der Waals surface area contributed by atoms with Gasteiger partial charge in [-0.25, -0.2) is 0 Å². The molecule has 1 fully saturated rings. The highest BCUT2D eigenvalue weighted by Crippen LogP contribution is 2.41. The maximum absolute atomic E-state index is 12.5. The van der Waals surface area contributed by atoms with Crippen molar-refractivity contribution in [3.8, 4) is 0 Å². The van der Waals surface area contributed by atoms with Crippen LogP contribution in [-0.2, 0) is 16.1 Å². The molecule has 4 rings (SSSR count). The number of amides is 2. The van der Waals surface area contributed by atoms with Crippen LogP contribution in [-0.4, -0.2) is 30.3 Å². The van der Waals surface area contributed by atoms with E-state index in [2.05, 4.69) is 4.90 Å². The smallest absolute Gasteiger partial charge is 0.233 e. The van der Waals surface area contributed by atoms with E-state index in [1.165, 1.54) is 4.90 Å². The maximum atomic E-state index is 12.5. The molecule has 0 spiro atoms. The summed E-state index contributed by atoms with van der Waals surface area (Å²) in [6.45, 7) is 1.50. The number of para-hydroxylation sites is 1. The quantitative estimate of drug-likeness (QED) is 0.688. The molecule has 4 nitrogen and oxygen atoms in total. The van der Waals surface area contributed by atoms with Crippen LogP contribution in [0.1, 0.15) is 41.9 Å². The van der Waals surface area contributed by atoms with Crippen molar-refractivity contribution in [2.24, 2.45) is 0 Å². The molecule has 6 heteroatoms. The molecule has 2 heterocycles.